The van der Waals surface area contributed by atoms with Gasteiger partial charge in [0.15, 0.2) is 5.78 Å². The van der Waals surface area contributed by atoms with Crippen LogP contribution < -0.4 is 0 Å². The molecular weight excluding hydrogens is 387 g/mol. The number of nitrogens with one attached hydrogen (secondary N) is 1. The van der Waals surface area contributed by atoms with E-state index in [4.69, 9.17) is 5.11 Å². The zero-order chi connectivity index (χ0) is 21.3. The number of aromatic amines is 1. The second-order valence-corrected chi connectivity index (χ2v) is 6.61. The van der Waals surface area contributed by atoms with Crippen molar-refractivity contribution in [2.45, 2.75) is 0 Å². The second kappa shape index (κ2) is 7.63. The van der Waals surface area contributed by atoms with E-state index in [9.17, 15) is 19.1 Å². The van der Waals surface area contributed by atoms with Crippen LogP contribution in [0.2, 0.25) is 0 Å². The third-order valence-electron chi connectivity index (χ3n) is 4.61. The molecule has 3 N–H and O–H groups in total. The van der Waals surface area contributed by atoms with Gasteiger partial charge >= 0.3 is 5.97 Å². The van der Waals surface area contributed by atoms with Gasteiger partial charge in [-0.1, -0.05) is 18.2 Å². The number of benzene rings is 2. The van der Waals surface area contributed by atoms with E-state index < -0.39 is 17.6 Å². The first-order valence-electron chi connectivity index (χ1n) is 8.94. The smallest absolute Gasteiger partial charge is 0.328 e. The Morgan fingerprint density at radius 1 is 1.03 bits per heavy atom. The lowest BCUT2D eigenvalue weighted by Crippen LogP contribution is -2.03. The van der Waals surface area contributed by atoms with Crippen molar-refractivity contribution >= 4 is 28.9 Å². The SMILES string of the molecule is O=C(O)C=Cc1cccc(-c2cnc3[nH]cc(C(=O)c4cc(O)ccc4F)c3c2)c1. The Hall–Kier alpha value is -4.26. The number of hydrogen-bond acceptors (Lipinski definition) is 4. The lowest BCUT2D eigenvalue weighted by molar-refractivity contribution is -0.131. The Balaban J connectivity index is 1.77. The fourth-order valence-electron chi connectivity index (χ4n) is 3.17. The second-order valence-electron chi connectivity index (χ2n) is 6.61. The monoisotopic (exact) mass is 402 g/mol. The standard InChI is InChI=1S/C23H15FN2O4/c24-20-6-5-16(27)10-18(20)22(30)19-12-26-23-17(19)9-15(11-25-23)14-3-1-2-13(8-14)4-7-21(28)29/h1-12,27H,(H,25,26)(H,28,29). The van der Waals surface area contributed by atoms with Crippen LogP contribution in [0.25, 0.3) is 28.2 Å². The van der Waals surface area contributed by atoms with Gasteiger partial charge in [-0.15, -0.1) is 0 Å². The molecule has 2 heterocycles. The highest BCUT2D eigenvalue weighted by molar-refractivity contribution is 6.16. The minimum Gasteiger partial charge on any atom is -0.508 e. The Labute approximate surface area is 170 Å². The Bertz CT molecular complexity index is 1320. The number of carboxylic acid groups (broad SMARTS) is 1. The molecule has 0 saturated carbocycles. The minimum atomic E-state index is -1.04. The number of phenols is 1. The van der Waals surface area contributed by atoms with Gasteiger partial charge in [-0.3, -0.25) is 4.79 Å². The number of halogens is 1. The summed E-state index contributed by atoms with van der Waals surface area (Å²) < 4.78 is 14.1. The van der Waals surface area contributed by atoms with Gasteiger partial charge in [0, 0.05) is 35.0 Å². The first kappa shape index (κ1) is 19.1. The Kier molecular flexibility index (Phi) is 4.85. The van der Waals surface area contributed by atoms with Crippen molar-refractivity contribution in [2.75, 3.05) is 0 Å². The summed E-state index contributed by atoms with van der Waals surface area (Å²) in [7, 11) is 0. The van der Waals surface area contributed by atoms with Crippen LogP contribution in [0.3, 0.4) is 0 Å². The molecule has 0 aliphatic rings. The number of hydrogen-bond donors (Lipinski definition) is 3. The minimum absolute atomic E-state index is 0.204. The fourth-order valence-corrected chi connectivity index (χ4v) is 3.17. The van der Waals surface area contributed by atoms with Crippen molar-refractivity contribution in [3.05, 3.63) is 89.5 Å². The quantitative estimate of drug-likeness (QED) is 0.339. The van der Waals surface area contributed by atoms with E-state index in [1.54, 1.807) is 30.5 Å². The molecule has 0 aliphatic heterocycles. The molecule has 0 unspecified atom stereocenters. The molecule has 0 spiro atoms. The lowest BCUT2D eigenvalue weighted by atomic mass is 9.99. The van der Waals surface area contributed by atoms with E-state index in [1.807, 2.05) is 6.07 Å². The van der Waals surface area contributed by atoms with Gasteiger partial charge in [-0.2, -0.15) is 0 Å². The van der Waals surface area contributed by atoms with E-state index in [0.717, 1.165) is 23.8 Å². The molecule has 2 aromatic heterocycles. The first-order chi connectivity index (χ1) is 14.4. The molecular formula is C23H15FN2O4. The van der Waals surface area contributed by atoms with Gasteiger partial charge in [-0.25, -0.2) is 14.2 Å². The Morgan fingerprint density at radius 2 is 1.87 bits per heavy atom. The molecule has 30 heavy (non-hydrogen) atoms. The molecule has 0 aliphatic carbocycles. The number of H-pyrrole nitrogens is 1. The molecule has 0 saturated heterocycles. The molecule has 4 aromatic rings. The van der Waals surface area contributed by atoms with E-state index >= 15 is 0 Å². The van der Waals surface area contributed by atoms with Crippen LogP contribution in [0, 0.1) is 5.82 Å². The van der Waals surface area contributed by atoms with Gasteiger partial charge in [0.05, 0.1) is 5.56 Å². The van der Waals surface area contributed by atoms with E-state index in [1.165, 1.54) is 18.3 Å². The lowest BCUT2D eigenvalue weighted by Gasteiger charge is -2.05. The number of aliphatic carboxylic acids is 1. The highest BCUT2D eigenvalue weighted by Gasteiger charge is 2.19. The summed E-state index contributed by atoms with van der Waals surface area (Å²) in [6.07, 6.45) is 5.61. The maximum Gasteiger partial charge on any atom is 0.328 e. The number of carboxylic acids is 1. The summed E-state index contributed by atoms with van der Waals surface area (Å²) in [5.41, 5.74) is 2.64. The summed E-state index contributed by atoms with van der Waals surface area (Å²) >= 11 is 0. The first-order valence-corrected chi connectivity index (χ1v) is 8.94. The third kappa shape index (κ3) is 3.68. The number of fused-ring (bicyclic) bond motifs is 1. The van der Waals surface area contributed by atoms with Crippen LogP contribution >= 0.6 is 0 Å². The zero-order valence-corrected chi connectivity index (χ0v) is 15.5. The highest BCUT2D eigenvalue weighted by Crippen LogP contribution is 2.28. The van der Waals surface area contributed by atoms with Crippen LogP contribution in [0.4, 0.5) is 4.39 Å². The summed E-state index contributed by atoms with van der Waals surface area (Å²) in [6.45, 7) is 0. The number of rotatable bonds is 5. The van der Waals surface area contributed by atoms with E-state index in [0.29, 0.717) is 22.2 Å². The van der Waals surface area contributed by atoms with Crippen molar-refractivity contribution in [3.63, 3.8) is 0 Å². The maximum absolute atomic E-state index is 14.1. The topological polar surface area (TPSA) is 103 Å². The van der Waals surface area contributed by atoms with Gasteiger partial charge in [0.25, 0.3) is 0 Å². The van der Waals surface area contributed by atoms with Crippen LogP contribution in [-0.4, -0.2) is 31.9 Å². The predicted octanol–water partition coefficient (Wildman–Crippen LogP) is 4.40. The largest absolute Gasteiger partial charge is 0.508 e. The van der Waals surface area contributed by atoms with Gasteiger partial charge in [0.1, 0.15) is 17.2 Å². The summed E-state index contributed by atoms with van der Waals surface area (Å²) in [5, 5.41) is 18.9. The van der Waals surface area contributed by atoms with Crippen LogP contribution in [0.1, 0.15) is 21.5 Å². The molecule has 0 radical (unpaired) electrons. The van der Waals surface area contributed by atoms with E-state index in [2.05, 4.69) is 9.97 Å². The predicted molar refractivity (Wildman–Crippen MR) is 110 cm³/mol. The van der Waals surface area contributed by atoms with Crippen LogP contribution in [0.15, 0.2) is 67.0 Å². The molecule has 148 valence electrons. The number of aromatic nitrogens is 2. The maximum atomic E-state index is 14.1. The van der Waals surface area contributed by atoms with Gasteiger partial charge in [-0.05, 0) is 47.5 Å². The fraction of sp³-hybridized carbons (Fsp3) is 0. The zero-order valence-electron chi connectivity index (χ0n) is 15.5. The summed E-state index contributed by atoms with van der Waals surface area (Å²) in [6, 6.07) is 12.2. The number of aromatic hydroxyl groups is 1. The average molecular weight is 402 g/mol. The Morgan fingerprint density at radius 3 is 2.67 bits per heavy atom. The molecule has 0 fully saturated rings. The van der Waals surface area contributed by atoms with Crippen molar-refractivity contribution in [2.24, 2.45) is 0 Å². The van der Waals surface area contributed by atoms with Crippen LogP contribution in [-0.2, 0) is 4.79 Å². The van der Waals surface area contributed by atoms with Crippen molar-refractivity contribution < 1.29 is 24.2 Å². The summed E-state index contributed by atoms with van der Waals surface area (Å²) in [5.74, 6) is -2.55. The molecule has 0 amide bonds. The number of carbonyl (C=O) groups is 2. The van der Waals surface area contributed by atoms with Crippen molar-refractivity contribution in [1.29, 1.82) is 0 Å². The molecule has 2 aromatic carbocycles. The number of phenolic OH excluding ortho intramolecular Hbond substituents is 1. The number of carbonyl (C=O) groups excluding carboxylic acids is 1. The molecule has 6 nitrogen and oxygen atoms in total. The van der Waals surface area contributed by atoms with Gasteiger partial charge < -0.3 is 15.2 Å². The van der Waals surface area contributed by atoms with Gasteiger partial charge in [0.2, 0.25) is 0 Å². The number of pyridine rings is 1. The van der Waals surface area contributed by atoms with E-state index in [-0.39, 0.29) is 16.9 Å². The molecule has 7 heteroatoms. The molecule has 0 atom stereocenters. The highest BCUT2D eigenvalue weighted by atomic mass is 19.1. The van der Waals surface area contributed by atoms with Crippen molar-refractivity contribution in [3.8, 4) is 16.9 Å². The van der Waals surface area contributed by atoms with Crippen LogP contribution in [0.5, 0.6) is 5.75 Å². The molecule has 4 rings (SSSR count). The third-order valence-corrected chi connectivity index (χ3v) is 4.61. The summed E-state index contributed by atoms with van der Waals surface area (Å²) in [4.78, 5) is 30.9. The number of nitrogens with zero attached hydrogens (tertiary/aromatic N) is 1. The number of ketones is 1. The molecule has 0 bridgehead atoms. The normalized spacial score (nSPS) is 11.2. The van der Waals surface area contributed by atoms with Crippen molar-refractivity contribution in [1.82, 2.24) is 9.97 Å². The average Bonchev–Trinajstić information content (AvgIpc) is 3.17.